The van der Waals surface area contributed by atoms with Crippen LogP contribution in [-0.4, -0.2) is 24.6 Å². The van der Waals surface area contributed by atoms with E-state index in [0.717, 1.165) is 5.56 Å². The molecule has 2 unspecified atom stereocenters. The Bertz CT molecular complexity index is 1390. The molecule has 4 rings (SSSR count). The van der Waals surface area contributed by atoms with E-state index in [9.17, 15) is 14.4 Å². The number of aliphatic imine (C=N–C) groups is 1. The SMILES string of the molecule is COC(=O)C1C(C)=NC(C)=C(C(=O)c2ccc(C)cc2)C1c1cccc2c(=O)cc(C)oc12. The fourth-order valence-corrected chi connectivity index (χ4v) is 4.52. The van der Waals surface area contributed by atoms with Gasteiger partial charge in [0.15, 0.2) is 11.2 Å². The molecule has 3 aromatic rings. The molecule has 0 saturated heterocycles. The zero-order valence-corrected chi connectivity index (χ0v) is 19.3. The van der Waals surface area contributed by atoms with Crippen molar-refractivity contribution in [3.8, 4) is 0 Å². The largest absolute Gasteiger partial charge is 0.468 e. The molecule has 33 heavy (non-hydrogen) atoms. The molecule has 0 saturated carbocycles. The average Bonchev–Trinajstić information content (AvgIpc) is 2.78. The van der Waals surface area contributed by atoms with E-state index in [1.54, 1.807) is 51.1 Å². The summed E-state index contributed by atoms with van der Waals surface area (Å²) >= 11 is 0. The molecule has 2 atom stereocenters. The van der Waals surface area contributed by atoms with Crippen LogP contribution in [0, 0.1) is 19.8 Å². The van der Waals surface area contributed by atoms with Gasteiger partial charge < -0.3 is 9.15 Å². The van der Waals surface area contributed by atoms with Gasteiger partial charge >= 0.3 is 5.97 Å². The van der Waals surface area contributed by atoms with Gasteiger partial charge in [-0.15, -0.1) is 0 Å². The van der Waals surface area contributed by atoms with E-state index in [2.05, 4.69) is 4.99 Å². The van der Waals surface area contributed by atoms with Crippen LogP contribution in [0.25, 0.3) is 11.0 Å². The lowest BCUT2D eigenvalue weighted by molar-refractivity contribution is -0.143. The summed E-state index contributed by atoms with van der Waals surface area (Å²) in [7, 11) is 1.31. The monoisotopic (exact) mass is 443 g/mol. The quantitative estimate of drug-likeness (QED) is 0.422. The van der Waals surface area contributed by atoms with Crippen LogP contribution in [0.1, 0.15) is 47.0 Å². The highest BCUT2D eigenvalue weighted by Gasteiger charge is 2.42. The van der Waals surface area contributed by atoms with E-state index in [0.29, 0.717) is 44.8 Å². The van der Waals surface area contributed by atoms with Crippen LogP contribution in [0.3, 0.4) is 0 Å². The van der Waals surface area contributed by atoms with E-state index in [-0.39, 0.29) is 11.2 Å². The van der Waals surface area contributed by atoms with Gasteiger partial charge in [-0.3, -0.25) is 19.4 Å². The number of rotatable bonds is 4. The third kappa shape index (κ3) is 3.93. The number of hydrogen-bond donors (Lipinski definition) is 0. The second-order valence-electron chi connectivity index (χ2n) is 8.37. The zero-order valence-electron chi connectivity index (χ0n) is 19.3. The van der Waals surface area contributed by atoms with Crippen molar-refractivity contribution >= 4 is 28.4 Å². The van der Waals surface area contributed by atoms with Crippen molar-refractivity contribution in [3.05, 3.63) is 92.5 Å². The Balaban J connectivity index is 2.02. The van der Waals surface area contributed by atoms with Gasteiger partial charge in [-0.25, -0.2) is 0 Å². The smallest absolute Gasteiger partial charge is 0.315 e. The summed E-state index contributed by atoms with van der Waals surface area (Å²) in [6.07, 6.45) is 0. The third-order valence-corrected chi connectivity index (χ3v) is 6.09. The molecule has 1 aliphatic heterocycles. The fraction of sp³-hybridized carbons (Fsp3) is 0.259. The van der Waals surface area contributed by atoms with Gasteiger partial charge in [-0.05, 0) is 33.8 Å². The lowest BCUT2D eigenvalue weighted by Crippen LogP contribution is -2.36. The van der Waals surface area contributed by atoms with Crippen LogP contribution in [0.2, 0.25) is 0 Å². The predicted octanol–water partition coefficient (Wildman–Crippen LogP) is 4.91. The Kier molecular flexibility index (Phi) is 5.85. The summed E-state index contributed by atoms with van der Waals surface area (Å²) in [5.41, 5.74) is 3.73. The number of Topliss-reactive ketones (excluding diaryl/α,β-unsaturated/α-hetero) is 1. The maximum Gasteiger partial charge on any atom is 0.315 e. The summed E-state index contributed by atoms with van der Waals surface area (Å²) < 4.78 is 11.1. The molecule has 0 N–H and O–H groups in total. The molecule has 1 aliphatic rings. The average molecular weight is 443 g/mol. The number of carbonyl (C=O) groups excluding carboxylic acids is 2. The van der Waals surface area contributed by atoms with Gasteiger partial charge in [0.2, 0.25) is 0 Å². The summed E-state index contributed by atoms with van der Waals surface area (Å²) in [6.45, 7) is 7.15. The molecule has 0 fully saturated rings. The Hall–Kier alpha value is -3.80. The molecule has 0 aliphatic carbocycles. The number of allylic oxidation sites excluding steroid dienone is 2. The van der Waals surface area contributed by atoms with Crippen molar-refractivity contribution in [2.24, 2.45) is 10.9 Å². The first-order valence-corrected chi connectivity index (χ1v) is 10.7. The van der Waals surface area contributed by atoms with Crippen molar-refractivity contribution in [1.82, 2.24) is 0 Å². The van der Waals surface area contributed by atoms with Crippen molar-refractivity contribution in [2.45, 2.75) is 33.6 Å². The summed E-state index contributed by atoms with van der Waals surface area (Å²) in [4.78, 5) is 43.9. The number of ether oxygens (including phenoxy) is 1. The molecule has 6 heteroatoms. The van der Waals surface area contributed by atoms with Crippen molar-refractivity contribution in [3.63, 3.8) is 0 Å². The molecular weight excluding hydrogens is 418 g/mol. The van der Waals surface area contributed by atoms with E-state index >= 15 is 0 Å². The Labute approximate surface area is 191 Å². The maximum atomic E-state index is 13.8. The number of aryl methyl sites for hydroxylation is 2. The number of nitrogens with zero attached hydrogens (tertiary/aromatic N) is 1. The third-order valence-electron chi connectivity index (χ3n) is 6.09. The van der Waals surface area contributed by atoms with Crippen molar-refractivity contribution in [2.75, 3.05) is 7.11 Å². The van der Waals surface area contributed by atoms with Gasteiger partial charge in [0.05, 0.1) is 12.5 Å². The summed E-state index contributed by atoms with van der Waals surface area (Å²) in [5, 5.41) is 0.390. The molecule has 0 spiro atoms. The minimum absolute atomic E-state index is 0.182. The lowest BCUT2D eigenvalue weighted by atomic mass is 9.73. The van der Waals surface area contributed by atoms with Gasteiger partial charge in [0, 0.05) is 40.1 Å². The number of benzene rings is 2. The Morgan fingerprint density at radius 3 is 2.36 bits per heavy atom. The number of methoxy groups -OCH3 is 1. The lowest BCUT2D eigenvalue weighted by Gasteiger charge is -2.32. The highest BCUT2D eigenvalue weighted by atomic mass is 16.5. The van der Waals surface area contributed by atoms with Crippen LogP contribution in [0.15, 0.2) is 74.0 Å². The second-order valence-corrected chi connectivity index (χ2v) is 8.37. The molecule has 2 aromatic carbocycles. The van der Waals surface area contributed by atoms with Gasteiger partial charge in [-0.1, -0.05) is 42.0 Å². The van der Waals surface area contributed by atoms with Crippen molar-refractivity contribution in [1.29, 1.82) is 0 Å². The summed E-state index contributed by atoms with van der Waals surface area (Å²) in [5.74, 6) is -1.84. The van der Waals surface area contributed by atoms with E-state index in [1.807, 2.05) is 19.1 Å². The van der Waals surface area contributed by atoms with Crippen LogP contribution >= 0.6 is 0 Å². The molecule has 6 nitrogen and oxygen atoms in total. The molecule has 168 valence electrons. The van der Waals surface area contributed by atoms with E-state index < -0.39 is 17.8 Å². The van der Waals surface area contributed by atoms with Gasteiger partial charge in [0.1, 0.15) is 17.3 Å². The first-order valence-electron chi connectivity index (χ1n) is 10.7. The Morgan fingerprint density at radius 2 is 1.70 bits per heavy atom. The van der Waals surface area contributed by atoms with E-state index in [1.165, 1.54) is 13.2 Å². The predicted molar refractivity (Wildman–Crippen MR) is 127 cm³/mol. The molecule has 0 bridgehead atoms. The first kappa shape index (κ1) is 22.4. The minimum Gasteiger partial charge on any atom is -0.468 e. The minimum atomic E-state index is -0.834. The topological polar surface area (TPSA) is 85.9 Å². The van der Waals surface area contributed by atoms with Crippen molar-refractivity contribution < 1.29 is 18.7 Å². The number of ketones is 1. The highest BCUT2D eigenvalue weighted by molar-refractivity contribution is 6.14. The van der Waals surface area contributed by atoms with Crippen LogP contribution in [0.5, 0.6) is 0 Å². The summed E-state index contributed by atoms with van der Waals surface area (Å²) in [6, 6.07) is 13.9. The molecule has 1 aromatic heterocycles. The number of esters is 1. The van der Waals surface area contributed by atoms with E-state index in [4.69, 9.17) is 9.15 Å². The highest BCUT2D eigenvalue weighted by Crippen LogP contribution is 2.43. The molecule has 0 amide bonds. The standard InChI is InChI=1S/C27H25NO5/c1-14-9-11-18(12-10-14)25(30)22-16(3)28-17(4)23(27(31)32-5)24(22)20-8-6-7-19-21(29)13-15(2)33-26(19)20/h6-13,23-24H,1-5H3. The fourth-order valence-electron chi connectivity index (χ4n) is 4.52. The number of para-hydroxylation sites is 1. The second kappa shape index (κ2) is 8.62. The van der Waals surface area contributed by atoms with Crippen LogP contribution < -0.4 is 5.43 Å². The zero-order chi connectivity index (χ0) is 23.9. The normalized spacial score (nSPS) is 18.3. The van der Waals surface area contributed by atoms with Crippen LogP contribution in [-0.2, 0) is 9.53 Å². The number of carbonyl (C=O) groups is 2. The Morgan fingerprint density at radius 1 is 1.00 bits per heavy atom. The van der Waals surface area contributed by atoms with Gasteiger partial charge in [-0.2, -0.15) is 0 Å². The molecule has 2 heterocycles. The van der Waals surface area contributed by atoms with Crippen LogP contribution in [0.4, 0.5) is 0 Å². The molecular formula is C27H25NO5. The number of hydrogen-bond acceptors (Lipinski definition) is 6. The van der Waals surface area contributed by atoms with Gasteiger partial charge in [0.25, 0.3) is 0 Å². The number of fused-ring (bicyclic) bond motifs is 1. The maximum absolute atomic E-state index is 13.8. The first-order chi connectivity index (χ1) is 15.7. The molecule has 0 radical (unpaired) electrons.